The van der Waals surface area contributed by atoms with Crippen LogP contribution in [0.2, 0.25) is 0 Å². The number of imide groups is 1. The fourth-order valence-corrected chi connectivity index (χ4v) is 4.85. The molecular weight excluding hydrogens is 396 g/mol. The highest BCUT2D eigenvalue weighted by Crippen LogP contribution is 2.27. The highest BCUT2D eigenvalue weighted by atomic mass is 16.4. The molecule has 2 amide bonds. The van der Waals surface area contributed by atoms with Crippen LogP contribution in [0.5, 0.6) is 0 Å². The molecule has 3 aliphatic heterocycles. The lowest BCUT2D eigenvalue weighted by atomic mass is 9.90. The number of anilines is 1. The van der Waals surface area contributed by atoms with Crippen molar-refractivity contribution in [2.75, 3.05) is 57.3 Å². The predicted octanol–water partition coefficient (Wildman–Crippen LogP) is 1.13. The number of hydrogen-bond donors (Lipinski definition) is 2. The van der Waals surface area contributed by atoms with Gasteiger partial charge in [0, 0.05) is 51.4 Å². The number of hydrogen-bond acceptors (Lipinski definition) is 6. The van der Waals surface area contributed by atoms with E-state index in [1.807, 2.05) is 12.1 Å². The van der Waals surface area contributed by atoms with E-state index in [2.05, 4.69) is 32.1 Å². The second-order valence-electron chi connectivity index (χ2n) is 8.88. The molecule has 1 unspecified atom stereocenters. The fourth-order valence-electron chi connectivity index (χ4n) is 4.85. The zero-order chi connectivity index (χ0) is 21.8. The van der Waals surface area contributed by atoms with E-state index in [0.717, 1.165) is 70.8 Å². The highest BCUT2D eigenvalue weighted by molar-refractivity contribution is 6.00. The molecule has 8 nitrogen and oxygen atoms in total. The van der Waals surface area contributed by atoms with Crippen LogP contribution in [0.15, 0.2) is 24.3 Å². The molecular formula is C23H32N4O4. The first-order chi connectivity index (χ1) is 15.0. The summed E-state index contributed by atoms with van der Waals surface area (Å²) in [5, 5.41) is 11.5. The van der Waals surface area contributed by atoms with Gasteiger partial charge in [-0.15, -0.1) is 0 Å². The van der Waals surface area contributed by atoms with E-state index in [-0.39, 0.29) is 23.7 Å². The summed E-state index contributed by atoms with van der Waals surface area (Å²) in [6.45, 7) is 7.78. The maximum absolute atomic E-state index is 12.1. The Bertz CT molecular complexity index is 796. The minimum Gasteiger partial charge on any atom is -0.481 e. The van der Waals surface area contributed by atoms with E-state index in [9.17, 15) is 14.4 Å². The highest BCUT2D eigenvalue weighted by Gasteiger charge is 2.28. The lowest BCUT2D eigenvalue weighted by molar-refractivity contribution is -0.143. The summed E-state index contributed by atoms with van der Waals surface area (Å²) in [4.78, 5) is 41.7. The van der Waals surface area contributed by atoms with Crippen LogP contribution in [0.4, 0.5) is 5.69 Å². The van der Waals surface area contributed by atoms with Crippen molar-refractivity contribution in [3.8, 4) is 0 Å². The SMILES string of the molecule is O=C1CCC(c2ccc(N3CCN(CCN4CCC(C(=O)O)CC4)CC3)cc2)C(=O)N1. The van der Waals surface area contributed by atoms with Gasteiger partial charge in [0.2, 0.25) is 11.8 Å². The first-order valence-corrected chi connectivity index (χ1v) is 11.4. The van der Waals surface area contributed by atoms with Gasteiger partial charge in [0.05, 0.1) is 11.8 Å². The molecule has 0 saturated carbocycles. The van der Waals surface area contributed by atoms with E-state index < -0.39 is 5.97 Å². The van der Waals surface area contributed by atoms with Crippen molar-refractivity contribution >= 4 is 23.5 Å². The maximum Gasteiger partial charge on any atom is 0.306 e. The number of piperidine rings is 2. The molecule has 1 atom stereocenters. The van der Waals surface area contributed by atoms with E-state index in [0.29, 0.717) is 12.8 Å². The number of rotatable bonds is 6. The predicted molar refractivity (Wildman–Crippen MR) is 117 cm³/mol. The lowest BCUT2D eigenvalue weighted by Crippen LogP contribution is -2.49. The van der Waals surface area contributed by atoms with E-state index in [4.69, 9.17) is 5.11 Å². The van der Waals surface area contributed by atoms with Gasteiger partial charge in [-0.1, -0.05) is 12.1 Å². The smallest absolute Gasteiger partial charge is 0.306 e. The van der Waals surface area contributed by atoms with Gasteiger partial charge in [-0.2, -0.15) is 0 Å². The van der Waals surface area contributed by atoms with Gasteiger partial charge < -0.3 is 14.9 Å². The molecule has 3 fully saturated rings. The van der Waals surface area contributed by atoms with E-state index in [1.54, 1.807) is 0 Å². The standard InChI is InChI=1S/C23H32N4O4/c28-21-6-5-20(22(29)24-21)17-1-3-19(4-2-17)27-15-13-26(14-16-27)12-11-25-9-7-18(8-10-25)23(30)31/h1-4,18,20H,5-16H2,(H,30,31)(H,24,28,29). The van der Waals surface area contributed by atoms with Crippen molar-refractivity contribution < 1.29 is 19.5 Å². The molecule has 0 bridgehead atoms. The van der Waals surface area contributed by atoms with Crippen LogP contribution in [-0.2, 0) is 14.4 Å². The number of amides is 2. The lowest BCUT2D eigenvalue weighted by Gasteiger charge is -2.38. The number of piperazine rings is 1. The Labute approximate surface area is 183 Å². The van der Waals surface area contributed by atoms with Crippen LogP contribution < -0.4 is 10.2 Å². The first-order valence-electron chi connectivity index (χ1n) is 11.4. The third-order valence-corrected chi connectivity index (χ3v) is 6.94. The van der Waals surface area contributed by atoms with Crippen LogP contribution >= 0.6 is 0 Å². The molecule has 168 valence electrons. The van der Waals surface area contributed by atoms with Crippen LogP contribution in [0.25, 0.3) is 0 Å². The van der Waals surface area contributed by atoms with Crippen molar-refractivity contribution in [1.82, 2.24) is 15.1 Å². The van der Waals surface area contributed by atoms with Crippen LogP contribution in [0.3, 0.4) is 0 Å². The van der Waals surface area contributed by atoms with Crippen molar-refractivity contribution in [1.29, 1.82) is 0 Å². The number of carboxylic acids is 1. The van der Waals surface area contributed by atoms with Crippen molar-refractivity contribution in [3.63, 3.8) is 0 Å². The van der Waals surface area contributed by atoms with Crippen molar-refractivity contribution in [3.05, 3.63) is 29.8 Å². The third-order valence-electron chi connectivity index (χ3n) is 6.94. The molecule has 3 heterocycles. The second-order valence-corrected chi connectivity index (χ2v) is 8.88. The average Bonchev–Trinajstić information content (AvgIpc) is 2.78. The van der Waals surface area contributed by atoms with Gasteiger partial charge in [-0.25, -0.2) is 0 Å². The number of likely N-dealkylation sites (tertiary alicyclic amines) is 1. The monoisotopic (exact) mass is 428 g/mol. The number of benzene rings is 1. The van der Waals surface area contributed by atoms with Crippen LogP contribution in [0, 0.1) is 5.92 Å². The summed E-state index contributed by atoms with van der Waals surface area (Å²) in [6, 6.07) is 8.20. The number of nitrogens with one attached hydrogen (secondary N) is 1. The van der Waals surface area contributed by atoms with Gasteiger partial charge in [0.25, 0.3) is 0 Å². The number of carbonyl (C=O) groups excluding carboxylic acids is 2. The molecule has 0 spiro atoms. The minimum atomic E-state index is -0.652. The zero-order valence-electron chi connectivity index (χ0n) is 18.0. The van der Waals surface area contributed by atoms with Crippen molar-refractivity contribution in [2.45, 2.75) is 31.6 Å². The Morgan fingerprint density at radius 3 is 2.10 bits per heavy atom. The Morgan fingerprint density at radius 1 is 0.903 bits per heavy atom. The summed E-state index contributed by atoms with van der Waals surface area (Å²) in [6.07, 6.45) is 2.50. The van der Waals surface area contributed by atoms with E-state index >= 15 is 0 Å². The number of aliphatic carboxylic acids is 1. The van der Waals surface area contributed by atoms with E-state index in [1.165, 1.54) is 5.69 Å². The summed E-state index contributed by atoms with van der Waals surface area (Å²) in [5.41, 5.74) is 2.14. The Kier molecular flexibility index (Phi) is 6.87. The zero-order valence-corrected chi connectivity index (χ0v) is 18.0. The van der Waals surface area contributed by atoms with Gasteiger partial charge >= 0.3 is 5.97 Å². The minimum absolute atomic E-state index is 0.166. The quantitative estimate of drug-likeness (QED) is 0.656. The molecule has 8 heteroatoms. The number of nitrogens with zero attached hydrogens (tertiary/aromatic N) is 3. The number of carboxylic acid groups (broad SMARTS) is 1. The van der Waals surface area contributed by atoms with Gasteiger partial charge in [0.15, 0.2) is 0 Å². The fraction of sp³-hybridized carbons (Fsp3) is 0.609. The molecule has 2 N–H and O–H groups in total. The Hall–Kier alpha value is -2.45. The maximum atomic E-state index is 12.1. The molecule has 3 saturated heterocycles. The Balaban J connectivity index is 1.21. The summed E-state index contributed by atoms with van der Waals surface area (Å²) in [5.74, 6) is -1.42. The molecule has 31 heavy (non-hydrogen) atoms. The van der Waals surface area contributed by atoms with Gasteiger partial charge in [0.1, 0.15) is 0 Å². The third kappa shape index (κ3) is 5.43. The number of carbonyl (C=O) groups is 3. The molecule has 0 aromatic heterocycles. The van der Waals surface area contributed by atoms with Gasteiger partial charge in [-0.3, -0.25) is 24.6 Å². The first kappa shape index (κ1) is 21.8. The molecule has 0 aliphatic carbocycles. The van der Waals surface area contributed by atoms with Gasteiger partial charge in [-0.05, 0) is 50.0 Å². The summed E-state index contributed by atoms with van der Waals surface area (Å²) >= 11 is 0. The van der Waals surface area contributed by atoms with Crippen LogP contribution in [0.1, 0.15) is 37.2 Å². The van der Waals surface area contributed by atoms with Crippen molar-refractivity contribution in [2.24, 2.45) is 5.92 Å². The summed E-state index contributed by atoms with van der Waals surface area (Å²) < 4.78 is 0. The molecule has 4 rings (SSSR count). The molecule has 0 radical (unpaired) electrons. The second kappa shape index (κ2) is 9.78. The normalized spacial score (nSPS) is 24.3. The Morgan fingerprint density at radius 2 is 1.52 bits per heavy atom. The molecule has 3 aliphatic rings. The summed E-state index contributed by atoms with van der Waals surface area (Å²) in [7, 11) is 0. The molecule has 1 aromatic rings. The topological polar surface area (TPSA) is 93.2 Å². The average molecular weight is 429 g/mol. The molecule has 1 aromatic carbocycles. The van der Waals surface area contributed by atoms with Crippen LogP contribution in [-0.4, -0.2) is 85.0 Å². The largest absolute Gasteiger partial charge is 0.481 e.